The van der Waals surface area contributed by atoms with Crippen molar-refractivity contribution in [1.29, 1.82) is 0 Å². The Kier molecular flexibility index (Phi) is 6.20. The summed E-state index contributed by atoms with van der Waals surface area (Å²) in [5.74, 6) is -0.663. The number of halogens is 1. The predicted octanol–water partition coefficient (Wildman–Crippen LogP) is -0.293. The normalized spacial score (nSPS) is 12.1. The van der Waals surface area contributed by atoms with Gasteiger partial charge in [-0.1, -0.05) is 5.16 Å². The van der Waals surface area contributed by atoms with Gasteiger partial charge in [0.05, 0.1) is 13.2 Å². The van der Waals surface area contributed by atoms with Crippen molar-refractivity contribution in [2.24, 2.45) is 10.9 Å². The van der Waals surface area contributed by atoms with Gasteiger partial charge in [-0.25, -0.2) is 4.39 Å². The maximum Gasteiger partial charge on any atom is 0.170 e. The topological polar surface area (TPSA) is 102 Å². The highest BCUT2D eigenvalue weighted by Crippen LogP contribution is 2.11. The molecule has 0 saturated carbocycles. The van der Waals surface area contributed by atoms with Crippen molar-refractivity contribution in [2.75, 3.05) is 26.3 Å². The maximum absolute atomic E-state index is 13.4. The summed E-state index contributed by atoms with van der Waals surface area (Å²) in [5.41, 5.74) is 6.32. The summed E-state index contributed by atoms with van der Waals surface area (Å²) in [5, 5.41) is 29.2. The van der Waals surface area contributed by atoms with E-state index in [-0.39, 0.29) is 24.6 Å². The van der Waals surface area contributed by atoms with Gasteiger partial charge in [-0.15, -0.1) is 0 Å². The summed E-state index contributed by atoms with van der Waals surface area (Å²) in [4.78, 5) is 1.77. The van der Waals surface area contributed by atoms with E-state index >= 15 is 0 Å². The van der Waals surface area contributed by atoms with Crippen LogP contribution in [0.5, 0.6) is 0 Å². The molecule has 0 unspecified atom stereocenters. The monoisotopic (exact) mass is 271 g/mol. The lowest BCUT2D eigenvalue weighted by Gasteiger charge is -2.20. The van der Waals surface area contributed by atoms with E-state index in [0.29, 0.717) is 25.2 Å². The number of amidine groups is 1. The van der Waals surface area contributed by atoms with Crippen LogP contribution in [0.1, 0.15) is 11.1 Å². The fourth-order valence-corrected chi connectivity index (χ4v) is 1.76. The van der Waals surface area contributed by atoms with E-state index in [1.165, 1.54) is 12.1 Å². The van der Waals surface area contributed by atoms with Crippen molar-refractivity contribution in [3.05, 3.63) is 35.1 Å². The highest BCUT2D eigenvalue weighted by molar-refractivity contribution is 5.97. The van der Waals surface area contributed by atoms with E-state index in [1.807, 2.05) is 0 Å². The number of aliphatic hydroxyl groups is 2. The van der Waals surface area contributed by atoms with Crippen LogP contribution in [0.15, 0.2) is 23.4 Å². The van der Waals surface area contributed by atoms with Crippen molar-refractivity contribution in [2.45, 2.75) is 6.54 Å². The summed E-state index contributed by atoms with van der Waals surface area (Å²) < 4.78 is 13.4. The lowest BCUT2D eigenvalue weighted by Crippen LogP contribution is -2.29. The number of aliphatic hydroxyl groups excluding tert-OH is 2. The van der Waals surface area contributed by atoms with Crippen molar-refractivity contribution >= 4 is 5.84 Å². The molecular weight excluding hydrogens is 253 g/mol. The van der Waals surface area contributed by atoms with Crippen LogP contribution in [0.25, 0.3) is 0 Å². The van der Waals surface area contributed by atoms with Crippen LogP contribution < -0.4 is 5.73 Å². The van der Waals surface area contributed by atoms with Gasteiger partial charge < -0.3 is 21.2 Å². The number of oxime groups is 1. The number of benzene rings is 1. The van der Waals surface area contributed by atoms with E-state index in [2.05, 4.69) is 5.16 Å². The third kappa shape index (κ3) is 4.82. The zero-order valence-electron chi connectivity index (χ0n) is 10.5. The summed E-state index contributed by atoms with van der Waals surface area (Å²) in [6.07, 6.45) is 0. The molecule has 5 N–H and O–H groups in total. The second-order valence-corrected chi connectivity index (χ2v) is 4.06. The molecule has 7 heteroatoms. The van der Waals surface area contributed by atoms with E-state index in [1.54, 1.807) is 11.0 Å². The molecule has 0 aliphatic carbocycles. The van der Waals surface area contributed by atoms with Crippen molar-refractivity contribution in [3.8, 4) is 0 Å². The zero-order valence-corrected chi connectivity index (χ0v) is 10.5. The van der Waals surface area contributed by atoms with Gasteiger partial charge in [-0.05, 0) is 23.8 Å². The molecule has 0 atom stereocenters. The third-order valence-corrected chi connectivity index (χ3v) is 2.60. The molecule has 0 aliphatic heterocycles. The Bertz CT molecular complexity index is 434. The second-order valence-electron chi connectivity index (χ2n) is 4.06. The smallest absolute Gasteiger partial charge is 0.170 e. The Labute approximate surface area is 110 Å². The molecule has 0 aliphatic rings. The van der Waals surface area contributed by atoms with Gasteiger partial charge in [0.1, 0.15) is 5.82 Å². The van der Waals surface area contributed by atoms with Crippen molar-refractivity contribution in [3.63, 3.8) is 0 Å². The Morgan fingerprint density at radius 1 is 1.21 bits per heavy atom. The van der Waals surface area contributed by atoms with Crippen LogP contribution in [0.2, 0.25) is 0 Å². The molecule has 6 nitrogen and oxygen atoms in total. The van der Waals surface area contributed by atoms with Gasteiger partial charge in [0.25, 0.3) is 0 Å². The molecule has 0 radical (unpaired) electrons. The minimum atomic E-state index is -0.493. The summed E-state index contributed by atoms with van der Waals surface area (Å²) in [6.45, 7) is 0.987. The average Bonchev–Trinajstić information content (AvgIpc) is 2.37. The molecule has 106 valence electrons. The molecule has 0 aromatic heterocycles. The van der Waals surface area contributed by atoms with E-state index < -0.39 is 5.82 Å². The first kappa shape index (κ1) is 15.4. The van der Waals surface area contributed by atoms with Crippen LogP contribution in [0.3, 0.4) is 0 Å². The molecule has 0 bridgehead atoms. The second kappa shape index (κ2) is 7.67. The van der Waals surface area contributed by atoms with Gasteiger partial charge >= 0.3 is 0 Å². The van der Waals surface area contributed by atoms with Crippen LogP contribution in [0.4, 0.5) is 4.39 Å². The highest BCUT2D eigenvalue weighted by atomic mass is 19.1. The molecule has 19 heavy (non-hydrogen) atoms. The van der Waals surface area contributed by atoms with Crippen LogP contribution in [-0.4, -0.2) is 52.5 Å². The Morgan fingerprint density at radius 2 is 1.84 bits per heavy atom. The first-order valence-corrected chi connectivity index (χ1v) is 5.82. The summed E-state index contributed by atoms with van der Waals surface area (Å²) >= 11 is 0. The number of hydrogen-bond donors (Lipinski definition) is 4. The minimum absolute atomic E-state index is 0.0532. The third-order valence-electron chi connectivity index (χ3n) is 2.60. The van der Waals surface area contributed by atoms with Gasteiger partial charge in [-0.3, -0.25) is 4.90 Å². The van der Waals surface area contributed by atoms with Crippen molar-refractivity contribution < 1.29 is 19.8 Å². The molecule has 0 fully saturated rings. The van der Waals surface area contributed by atoms with Gasteiger partial charge in [0.15, 0.2) is 5.84 Å². The lowest BCUT2D eigenvalue weighted by atomic mass is 10.1. The first-order chi connectivity index (χ1) is 9.10. The fraction of sp³-hybridized carbons (Fsp3) is 0.417. The summed E-state index contributed by atoms with van der Waals surface area (Å²) in [6, 6.07) is 4.09. The van der Waals surface area contributed by atoms with E-state index in [0.717, 1.165) is 0 Å². The van der Waals surface area contributed by atoms with Crippen LogP contribution >= 0.6 is 0 Å². The first-order valence-electron chi connectivity index (χ1n) is 5.82. The maximum atomic E-state index is 13.4. The van der Waals surface area contributed by atoms with E-state index in [9.17, 15) is 4.39 Å². The number of nitrogens with two attached hydrogens (primary N) is 1. The quantitative estimate of drug-likeness (QED) is 0.236. The average molecular weight is 271 g/mol. The zero-order chi connectivity index (χ0) is 14.3. The minimum Gasteiger partial charge on any atom is -0.409 e. The van der Waals surface area contributed by atoms with Gasteiger partial charge in [-0.2, -0.15) is 0 Å². The molecule has 1 rings (SSSR count). The Morgan fingerprint density at radius 3 is 2.37 bits per heavy atom. The molecule has 0 amide bonds. The standard InChI is InChI=1S/C12H18FN3O3/c13-11-6-9(5-10(7-11)12(14)15-19)8-16(1-3-17)2-4-18/h5-7,17-19H,1-4,8H2,(H2,14,15). The molecule has 0 saturated heterocycles. The number of rotatable bonds is 7. The molecule has 0 spiro atoms. The number of hydrogen-bond acceptors (Lipinski definition) is 5. The Balaban J connectivity index is 2.90. The molecule has 1 aromatic rings. The number of nitrogens with zero attached hydrogens (tertiary/aromatic N) is 2. The predicted molar refractivity (Wildman–Crippen MR) is 68.4 cm³/mol. The summed E-state index contributed by atoms with van der Waals surface area (Å²) in [7, 11) is 0. The molecule has 0 heterocycles. The largest absolute Gasteiger partial charge is 0.409 e. The van der Waals surface area contributed by atoms with E-state index in [4.69, 9.17) is 21.2 Å². The van der Waals surface area contributed by atoms with Gasteiger partial charge in [0.2, 0.25) is 0 Å². The SMILES string of the molecule is N/C(=N/O)c1cc(F)cc(CN(CCO)CCO)c1. The molecule has 1 aromatic carbocycles. The fourth-order valence-electron chi connectivity index (χ4n) is 1.76. The van der Waals surface area contributed by atoms with Crippen LogP contribution in [-0.2, 0) is 6.54 Å². The lowest BCUT2D eigenvalue weighted by molar-refractivity contribution is 0.156. The molecular formula is C12H18FN3O3. The highest BCUT2D eigenvalue weighted by Gasteiger charge is 2.09. The van der Waals surface area contributed by atoms with Crippen LogP contribution in [0, 0.1) is 5.82 Å². The van der Waals surface area contributed by atoms with Gasteiger partial charge in [0, 0.05) is 25.2 Å². The van der Waals surface area contributed by atoms with Crippen molar-refractivity contribution in [1.82, 2.24) is 4.90 Å². The Hall–Kier alpha value is -1.70.